The zero-order valence-corrected chi connectivity index (χ0v) is 19.3. The maximum atomic E-state index is 12.9. The lowest BCUT2D eigenvalue weighted by atomic mass is 10.1. The molecule has 0 aromatic heterocycles. The lowest BCUT2D eigenvalue weighted by Gasteiger charge is -2.17. The molecule has 0 heterocycles. The van der Waals surface area contributed by atoms with Gasteiger partial charge < -0.3 is 4.90 Å². The summed E-state index contributed by atoms with van der Waals surface area (Å²) in [5.41, 5.74) is 1.86. The number of hydrogen-bond donors (Lipinski definition) is 1. The summed E-state index contributed by atoms with van der Waals surface area (Å²) in [6, 6.07) is 17.0. The van der Waals surface area contributed by atoms with Crippen LogP contribution < -0.4 is 9.62 Å². The minimum Gasteiger partial charge on any atom is -0.377 e. The maximum Gasteiger partial charge on any atom is 0.296 e. The first-order valence-electron chi connectivity index (χ1n) is 9.77. The van der Waals surface area contributed by atoms with Crippen LogP contribution in [0.4, 0.5) is 5.69 Å². The van der Waals surface area contributed by atoms with Gasteiger partial charge in [0.25, 0.3) is 10.1 Å². The summed E-state index contributed by atoms with van der Waals surface area (Å²) >= 11 is 0. The molecule has 9 heteroatoms. The van der Waals surface area contributed by atoms with E-state index in [1.165, 1.54) is 12.1 Å². The predicted molar refractivity (Wildman–Crippen MR) is 122 cm³/mol. The van der Waals surface area contributed by atoms with Gasteiger partial charge in [-0.2, -0.15) is 8.42 Å². The number of rotatable bonds is 9. The molecule has 1 N–H and O–H groups in total. The fraction of sp³-hybridized carbons (Fsp3) is 0.273. The normalized spacial score (nSPS) is 12.2. The van der Waals surface area contributed by atoms with E-state index < -0.39 is 20.1 Å². The quantitative estimate of drug-likeness (QED) is 0.388. The molecule has 0 saturated carbocycles. The van der Waals surface area contributed by atoms with E-state index in [9.17, 15) is 16.8 Å². The van der Waals surface area contributed by atoms with Crippen LogP contribution in [0.5, 0.6) is 0 Å². The minimum absolute atomic E-state index is 0.0511. The van der Waals surface area contributed by atoms with Gasteiger partial charge in [0.05, 0.1) is 16.4 Å². The number of benzene rings is 3. The van der Waals surface area contributed by atoms with Crippen LogP contribution in [0, 0.1) is 6.92 Å². The second-order valence-electron chi connectivity index (χ2n) is 7.36. The lowest BCUT2D eigenvalue weighted by Crippen LogP contribution is -2.26. The standard InChI is InChI=1S/C22H26N2O5S2/c1-17-11-13-18(14-12-17)31(27,28)29-16-6-15-23-30(25,26)22-10-5-7-19-20(22)8-4-9-21(19)24(2)3/h4-5,7-14,23H,6,15-16H2,1-3H3. The second kappa shape index (κ2) is 9.35. The van der Waals surface area contributed by atoms with Crippen molar-refractivity contribution in [2.24, 2.45) is 0 Å². The molecule has 0 fully saturated rings. The zero-order chi connectivity index (χ0) is 22.6. The number of hydrogen-bond acceptors (Lipinski definition) is 6. The van der Waals surface area contributed by atoms with E-state index in [4.69, 9.17) is 4.18 Å². The number of fused-ring (bicyclic) bond motifs is 1. The average Bonchev–Trinajstić information content (AvgIpc) is 2.72. The Hall–Kier alpha value is -2.46. The Morgan fingerprint density at radius 1 is 0.871 bits per heavy atom. The third-order valence-corrected chi connectivity index (χ3v) is 7.64. The topological polar surface area (TPSA) is 92.8 Å². The van der Waals surface area contributed by atoms with Gasteiger partial charge in [-0.15, -0.1) is 0 Å². The number of nitrogens with zero attached hydrogens (tertiary/aromatic N) is 1. The van der Waals surface area contributed by atoms with Gasteiger partial charge in [0.15, 0.2) is 0 Å². The van der Waals surface area contributed by atoms with Crippen LogP contribution in [-0.4, -0.2) is 44.1 Å². The van der Waals surface area contributed by atoms with E-state index in [1.54, 1.807) is 30.3 Å². The van der Waals surface area contributed by atoms with Crippen molar-refractivity contribution >= 4 is 36.6 Å². The van der Waals surface area contributed by atoms with Crippen LogP contribution in [0.2, 0.25) is 0 Å². The van der Waals surface area contributed by atoms with Crippen molar-refractivity contribution in [2.45, 2.75) is 23.1 Å². The Balaban J connectivity index is 1.65. The molecular formula is C22H26N2O5S2. The molecular weight excluding hydrogens is 436 g/mol. The first-order chi connectivity index (χ1) is 14.6. The monoisotopic (exact) mass is 462 g/mol. The van der Waals surface area contributed by atoms with Crippen LogP contribution in [0.1, 0.15) is 12.0 Å². The third kappa shape index (κ3) is 5.43. The van der Waals surface area contributed by atoms with Gasteiger partial charge in [-0.05, 0) is 37.6 Å². The lowest BCUT2D eigenvalue weighted by molar-refractivity contribution is 0.313. The van der Waals surface area contributed by atoms with Gasteiger partial charge in [0, 0.05) is 37.1 Å². The molecule has 0 amide bonds. The molecule has 3 aromatic rings. The van der Waals surface area contributed by atoms with Crippen LogP contribution in [-0.2, 0) is 24.3 Å². The Bertz CT molecular complexity index is 1270. The van der Waals surface area contributed by atoms with Gasteiger partial charge in [0.2, 0.25) is 10.0 Å². The maximum absolute atomic E-state index is 12.9. The minimum atomic E-state index is -3.87. The van der Waals surface area contributed by atoms with Crippen molar-refractivity contribution in [3.8, 4) is 0 Å². The summed E-state index contributed by atoms with van der Waals surface area (Å²) < 4.78 is 57.7. The highest BCUT2D eigenvalue weighted by Gasteiger charge is 2.19. The summed E-state index contributed by atoms with van der Waals surface area (Å²) in [6.07, 6.45) is 0.206. The van der Waals surface area contributed by atoms with E-state index in [2.05, 4.69) is 4.72 Å². The number of anilines is 1. The number of sulfonamides is 1. The van der Waals surface area contributed by atoms with E-state index in [1.807, 2.05) is 44.1 Å². The predicted octanol–water partition coefficient (Wildman–Crippen LogP) is 3.29. The van der Waals surface area contributed by atoms with Crippen molar-refractivity contribution in [1.82, 2.24) is 4.72 Å². The summed E-state index contributed by atoms with van der Waals surface area (Å²) in [7, 11) is -3.84. The number of aryl methyl sites for hydroxylation is 1. The molecule has 31 heavy (non-hydrogen) atoms. The van der Waals surface area contributed by atoms with Gasteiger partial charge >= 0.3 is 0 Å². The van der Waals surface area contributed by atoms with Gasteiger partial charge in [-0.1, -0.05) is 42.0 Å². The summed E-state index contributed by atoms with van der Waals surface area (Å²) in [4.78, 5) is 2.19. The summed E-state index contributed by atoms with van der Waals surface area (Å²) in [5, 5.41) is 1.46. The zero-order valence-electron chi connectivity index (χ0n) is 17.7. The molecule has 166 valence electrons. The SMILES string of the molecule is Cc1ccc(S(=O)(=O)OCCCNS(=O)(=O)c2cccc3c(N(C)C)cccc23)cc1. The summed E-state index contributed by atoms with van der Waals surface area (Å²) in [5.74, 6) is 0. The van der Waals surface area contributed by atoms with Gasteiger partial charge in [-0.3, -0.25) is 4.18 Å². The molecule has 0 unspecified atom stereocenters. The molecule has 0 spiro atoms. The first kappa shape index (κ1) is 23.2. The smallest absolute Gasteiger partial charge is 0.296 e. The van der Waals surface area contributed by atoms with Crippen molar-refractivity contribution in [2.75, 3.05) is 32.1 Å². The highest BCUT2D eigenvalue weighted by molar-refractivity contribution is 7.89. The molecule has 0 saturated heterocycles. The Kier molecular flexibility index (Phi) is 7.00. The highest BCUT2D eigenvalue weighted by atomic mass is 32.2. The van der Waals surface area contributed by atoms with Crippen LogP contribution in [0.3, 0.4) is 0 Å². The Morgan fingerprint density at radius 2 is 1.52 bits per heavy atom. The van der Waals surface area contributed by atoms with Crippen molar-refractivity contribution < 1.29 is 21.0 Å². The third-order valence-electron chi connectivity index (χ3n) is 4.79. The average molecular weight is 463 g/mol. The van der Waals surface area contributed by atoms with Crippen molar-refractivity contribution in [1.29, 1.82) is 0 Å². The second-order valence-corrected chi connectivity index (χ2v) is 10.7. The Morgan fingerprint density at radius 3 is 2.19 bits per heavy atom. The van der Waals surface area contributed by atoms with Gasteiger partial charge in [-0.25, -0.2) is 13.1 Å². The number of nitrogens with one attached hydrogen (secondary N) is 1. The first-order valence-corrected chi connectivity index (χ1v) is 12.7. The highest BCUT2D eigenvalue weighted by Crippen LogP contribution is 2.30. The van der Waals surface area contributed by atoms with Crippen molar-refractivity contribution in [3.63, 3.8) is 0 Å². The molecule has 0 aliphatic carbocycles. The van der Waals surface area contributed by atoms with E-state index in [0.717, 1.165) is 16.6 Å². The van der Waals surface area contributed by atoms with Crippen LogP contribution in [0.15, 0.2) is 70.5 Å². The molecule has 0 aliphatic heterocycles. The van der Waals surface area contributed by atoms with E-state index in [0.29, 0.717) is 5.39 Å². The van der Waals surface area contributed by atoms with Crippen molar-refractivity contribution in [3.05, 3.63) is 66.2 Å². The molecule has 0 atom stereocenters. The largest absolute Gasteiger partial charge is 0.377 e. The van der Waals surface area contributed by atoms with E-state index >= 15 is 0 Å². The van der Waals surface area contributed by atoms with Gasteiger partial charge in [0.1, 0.15) is 0 Å². The molecule has 0 bridgehead atoms. The molecule has 3 rings (SSSR count). The fourth-order valence-corrected chi connectivity index (χ4v) is 5.42. The molecule has 3 aromatic carbocycles. The fourth-order valence-electron chi connectivity index (χ4n) is 3.19. The van der Waals surface area contributed by atoms with E-state index in [-0.39, 0.29) is 29.4 Å². The molecule has 0 radical (unpaired) electrons. The van der Waals surface area contributed by atoms with Crippen LogP contribution in [0.25, 0.3) is 10.8 Å². The summed E-state index contributed by atoms with van der Waals surface area (Å²) in [6.45, 7) is 1.79. The molecule has 7 nitrogen and oxygen atoms in total. The van der Waals surface area contributed by atoms with Crippen LogP contribution >= 0.6 is 0 Å². The molecule has 0 aliphatic rings. The Labute approximate surface area is 183 Å².